The van der Waals surface area contributed by atoms with Crippen LogP contribution in [0, 0.1) is 12.7 Å². The highest BCUT2D eigenvalue weighted by Gasteiger charge is 2.03. The summed E-state index contributed by atoms with van der Waals surface area (Å²) in [6.07, 6.45) is 0. The van der Waals surface area contributed by atoms with E-state index in [2.05, 4.69) is 20.9 Å². The van der Waals surface area contributed by atoms with Gasteiger partial charge in [-0.3, -0.25) is 9.79 Å². The number of nitrogens with one attached hydrogen (secondary N) is 3. The van der Waals surface area contributed by atoms with Gasteiger partial charge in [0.2, 0.25) is 5.91 Å². The molecule has 0 spiro atoms. The molecule has 1 amide bonds. The monoisotopic (exact) mass is 470 g/mol. The van der Waals surface area contributed by atoms with E-state index in [-0.39, 0.29) is 35.7 Å². The molecule has 3 N–H and O–H groups in total. The summed E-state index contributed by atoms with van der Waals surface area (Å²) in [5, 5.41) is 9.10. The first kappa shape index (κ1) is 21.9. The summed E-state index contributed by atoms with van der Waals surface area (Å²) in [7, 11) is 1.68. The van der Waals surface area contributed by atoms with Crippen LogP contribution in [0.3, 0.4) is 0 Å². The van der Waals surface area contributed by atoms with Gasteiger partial charge in [0, 0.05) is 32.7 Å². The molecule has 0 fully saturated rings. The molecule has 0 aliphatic heterocycles. The Balaban J connectivity index is 0.00000338. The van der Waals surface area contributed by atoms with E-state index < -0.39 is 0 Å². The number of anilines is 1. The predicted octanol–water partition coefficient (Wildman–Crippen LogP) is 3.58. The van der Waals surface area contributed by atoms with Gasteiger partial charge in [-0.2, -0.15) is 0 Å². The highest BCUT2D eigenvalue weighted by Crippen LogP contribution is 2.11. The molecule has 0 heterocycles. The van der Waals surface area contributed by atoms with Crippen LogP contribution in [0.5, 0.6) is 0 Å². The minimum Gasteiger partial charge on any atom is -0.352 e. The molecule has 0 atom stereocenters. The first-order valence-corrected chi connectivity index (χ1v) is 8.04. The topological polar surface area (TPSA) is 65.5 Å². The zero-order chi connectivity index (χ0) is 18.2. The van der Waals surface area contributed by atoms with Crippen molar-refractivity contribution in [2.24, 2.45) is 4.99 Å². The summed E-state index contributed by atoms with van der Waals surface area (Å²) in [4.78, 5) is 15.3. The number of hydrogen-bond donors (Lipinski definition) is 3. The second-order valence-corrected chi connectivity index (χ2v) is 5.74. The Hall–Kier alpha value is -2.16. The number of benzene rings is 2. The van der Waals surface area contributed by atoms with Crippen molar-refractivity contribution in [2.45, 2.75) is 26.9 Å². The van der Waals surface area contributed by atoms with Crippen molar-refractivity contribution in [1.29, 1.82) is 0 Å². The second kappa shape index (κ2) is 10.7. The molecule has 0 aromatic heterocycles. The van der Waals surface area contributed by atoms with Gasteiger partial charge in [-0.05, 0) is 41.8 Å². The van der Waals surface area contributed by atoms with Crippen LogP contribution >= 0.6 is 24.0 Å². The van der Waals surface area contributed by atoms with E-state index in [9.17, 15) is 9.18 Å². The molecule has 7 heteroatoms. The average Bonchev–Trinajstić information content (AvgIpc) is 2.58. The first-order chi connectivity index (χ1) is 12.0. The summed E-state index contributed by atoms with van der Waals surface area (Å²) < 4.78 is 13.6. The minimum absolute atomic E-state index is 0. The number of hydrogen-bond acceptors (Lipinski definition) is 2. The van der Waals surface area contributed by atoms with Crippen LogP contribution in [0.4, 0.5) is 10.1 Å². The number of rotatable bonds is 5. The summed E-state index contributed by atoms with van der Waals surface area (Å²) in [6, 6.07) is 12.7. The van der Waals surface area contributed by atoms with E-state index in [4.69, 9.17) is 0 Å². The molecule has 0 saturated carbocycles. The number of aliphatic imine (C=N–C) groups is 1. The van der Waals surface area contributed by atoms with Crippen molar-refractivity contribution in [3.63, 3.8) is 0 Å². The number of carbonyl (C=O) groups is 1. The molecule has 0 saturated heterocycles. The molecule has 2 rings (SSSR count). The van der Waals surface area contributed by atoms with Gasteiger partial charge in [-0.25, -0.2) is 4.39 Å². The molecule has 0 unspecified atom stereocenters. The van der Waals surface area contributed by atoms with E-state index in [1.54, 1.807) is 20.0 Å². The van der Waals surface area contributed by atoms with E-state index in [0.717, 1.165) is 16.8 Å². The van der Waals surface area contributed by atoms with Gasteiger partial charge in [0.25, 0.3) is 0 Å². The number of nitrogens with zero attached hydrogens (tertiary/aromatic N) is 1. The highest BCUT2D eigenvalue weighted by molar-refractivity contribution is 14.0. The minimum atomic E-state index is -0.211. The number of aryl methyl sites for hydroxylation is 1. The Labute approximate surface area is 170 Å². The molecule has 140 valence electrons. The second-order valence-electron chi connectivity index (χ2n) is 5.74. The van der Waals surface area contributed by atoms with Crippen LogP contribution in [0.1, 0.15) is 23.6 Å². The van der Waals surface area contributed by atoms with Crippen LogP contribution in [0.25, 0.3) is 0 Å². The maximum atomic E-state index is 13.6. The fourth-order valence-electron chi connectivity index (χ4n) is 2.30. The van der Waals surface area contributed by atoms with E-state index in [0.29, 0.717) is 24.6 Å². The van der Waals surface area contributed by atoms with E-state index in [1.165, 1.54) is 13.0 Å². The van der Waals surface area contributed by atoms with Crippen molar-refractivity contribution in [3.05, 3.63) is 65.0 Å². The van der Waals surface area contributed by atoms with Crippen molar-refractivity contribution < 1.29 is 9.18 Å². The van der Waals surface area contributed by atoms with Crippen LogP contribution < -0.4 is 16.0 Å². The van der Waals surface area contributed by atoms with Crippen LogP contribution in [0.15, 0.2) is 47.5 Å². The van der Waals surface area contributed by atoms with Gasteiger partial charge < -0.3 is 16.0 Å². The third-order valence-corrected chi connectivity index (χ3v) is 3.63. The molecule has 26 heavy (non-hydrogen) atoms. The SMILES string of the molecule is CN=C(NCc1cccc(NC(C)=O)c1)NCc1ccc(C)c(F)c1.I. The molecule has 2 aromatic rings. The fourth-order valence-corrected chi connectivity index (χ4v) is 2.30. The molecule has 0 aliphatic carbocycles. The standard InChI is InChI=1S/C19H23FN4O.HI/c1-13-7-8-16(10-18(13)20)12-23-19(21-3)22-11-15-5-4-6-17(9-15)24-14(2)25;/h4-10H,11-12H2,1-3H3,(H,24,25)(H2,21,22,23);1H. The van der Waals surface area contributed by atoms with E-state index >= 15 is 0 Å². The van der Waals surface area contributed by atoms with Gasteiger partial charge in [0.05, 0.1) is 0 Å². The van der Waals surface area contributed by atoms with Gasteiger partial charge in [-0.1, -0.05) is 24.3 Å². The first-order valence-electron chi connectivity index (χ1n) is 8.04. The Bertz CT molecular complexity index is 780. The zero-order valence-electron chi connectivity index (χ0n) is 15.1. The third kappa shape index (κ3) is 6.99. The maximum absolute atomic E-state index is 13.6. The number of guanidine groups is 1. The zero-order valence-corrected chi connectivity index (χ0v) is 17.4. The van der Waals surface area contributed by atoms with E-state index in [1.807, 2.05) is 30.3 Å². The third-order valence-electron chi connectivity index (χ3n) is 3.63. The Kier molecular flexibility index (Phi) is 9.04. The average molecular weight is 470 g/mol. The van der Waals surface area contributed by atoms with Gasteiger partial charge in [0.15, 0.2) is 5.96 Å². The number of amides is 1. The smallest absolute Gasteiger partial charge is 0.221 e. The molecule has 2 aromatic carbocycles. The van der Waals surface area contributed by atoms with Crippen LogP contribution in [0.2, 0.25) is 0 Å². The molecular formula is C19H24FIN4O. The Morgan fingerprint density at radius 2 is 1.73 bits per heavy atom. The lowest BCUT2D eigenvalue weighted by atomic mass is 10.1. The summed E-state index contributed by atoms with van der Waals surface area (Å²) in [5.74, 6) is 0.302. The van der Waals surface area contributed by atoms with Crippen molar-refractivity contribution >= 4 is 41.5 Å². The van der Waals surface area contributed by atoms with Crippen molar-refractivity contribution in [3.8, 4) is 0 Å². The number of carbonyl (C=O) groups excluding carboxylic acids is 1. The highest BCUT2D eigenvalue weighted by atomic mass is 127. The number of halogens is 2. The van der Waals surface area contributed by atoms with Crippen LogP contribution in [-0.4, -0.2) is 18.9 Å². The fraction of sp³-hybridized carbons (Fsp3) is 0.263. The Morgan fingerprint density at radius 1 is 1.08 bits per heavy atom. The van der Waals surface area contributed by atoms with Gasteiger partial charge in [0.1, 0.15) is 5.82 Å². The lowest BCUT2D eigenvalue weighted by Gasteiger charge is -2.13. The Morgan fingerprint density at radius 3 is 2.31 bits per heavy atom. The summed E-state index contributed by atoms with van der Waals surface area (Å²) in [6.45, 7) is 4.24. The van der Waals surface area contributed by atoms with Crippen molar-refractivity contribution in [2.75, 3.05) is 12.4 Å². The molecule has 0 aliphatic rings. The molecule has 0 bridgehead atoms. The van der Waals surface area contributed by atoms with Crippen molar-refractivity contribution in [1.82, 2.24) is 10.6 Å². The molecule has 0 radical (unpaired) electrons. The molecular weight excluding hydrogens is 446 g/mol. The lowest BCUT2D eigenvalue weighted by molar-refractivity contribution is -0.114. The normalized spacial score (nSPS) is 10.7. The molecule has 5 nitrogen and oxygen atoms in total. The van der Waals surface area contributed by atoms with Gasteiger partial charge in [-0.15, -0.1) is 24.0 Å². The predicted molar refractivity (Wildman–Crippen MR) is 114 cm³/mol. The quantitative estimate of drug-likeness (QED) is 0.356. The maximum Gasteiger partial charge on any atom is 0.221 e. The van der Waals surface area contributed by atoms with Crippen LogP contribution in [-0.2, 0) is 17.9 Å². The summed E-state index contributed by atoms with van der Waals surface area (Å²) in [5.41, 5.74) is 3.24. The largest absolute Gasteiger partial charge is 0.352 e. The summed E-state index contributed by atoms with van der Waals surface area (Å²) >= 11 is 0. The lowest BCUT2D eigenvalue weighted by Crippen LogP contribution is -2.36. The van der Waals surface area contributed by atoms with Gasteiger partial charge >= 0.3 is 0 Å².